The average Bonchev–Trinajstić information content (AvgIpc) is 2.83. The van der Waals surface area contributed by atoms with Crippen molar-refractivity contribution in [2.75, 3.05) is 5.73 Å². The monoisotopic (exact) mass is 294 g/mol. The fourth-order valence-corrected chi connectivity index (χ4v) is 3.44. The molecule has 0 saturated carbocycles. The van der Waals surface area contributed by atoms with Crippen molar-refractivity contribution in [2.24, 2.45) is 0 Å². The molecule has 20 heavy (non-hydrogen) atoms. The molecular formula is C12H11FN4O2S. The van der Waals surface area contributed by atoms with Crippen LogP contribution in [0, 0.1) is 5.82 Å². The first-order valence-corrected chi connectivity index (χ1v) is 7.27. The third-order valence-corrected chi connectivity index (χ3v) is 4.90. The molecule has 0 saturated heterocycles. The standard InChI is InChI=1S/C12H11FN4O2S/c13-9-1-3-10(4-2-9)20(18,19)17-6-8-5-15-12(14)16-11(8)7-17/h1-5H,6-7H2,(H2,14,15,16). The fraction of sp³-hybridized carbons (Fsp3) is 0.167. The van der Waals surface area contributed by atoms with Crippen LogP contribution in [0.1, 0.15) is 11.3 Å². The Morgan fingerprint density at radius 1 is 1.20 bits per heavy atom. The molecule has 104 valence electrons. The molecule has 8 heteroatoms. The molecule has 0 amide bonds. The van der Waals surface area contributed by atoms with Crippen molar-refractivity contribution in [2.45, 2.75) is 18.0 Å². The maximum Gasteiger partial charge on any atom is 0.243 e. The molecule has 0 spiro atoms. The first-order chi connectivity index (χ1) is 9.46. The summed E-state index contributed by atoms with van der Waals surface area (Å²) in [6.07, 6.45) is 1.53. The van der Waals surface area contributed by atoms with Crippen molar-refractivity contribution in [3.63, 3.8) is 0 Å². The van der Waals surface area contributed by atoms with E-state index in [1.165, 1.54) is 22.6 Å². The van der Waals surface area contributed by atoms with E-state index in [9.17, 15) is 12.8 Å². The summed E-state index contributed by atoms with van der Waals surface area (Å²) in [6, 6.07) is 4.73. The van der Waals surface area contributed by atoms with Crippen molar-refractivity contribution in [3.05, 3.63) is 47.5 Å². The highest BCUT2D eigenvalue weighted by atomic mass is 32.2. The molecule has 3 rings (SSSR count). The van der Waals surface area contributed by atoms with Gasteiger partial charge in [0.1, 0.15) is 5.82 Å². The Bertz CT molecular complexity index is 762. The van der Waals surface area contributed by atoms with Crippen LogP contribution in [0.4, 0.5) is 10.3 Å². The third-order valence-electron chi connectivity index (χ3n) is 3.10. The number of hydrogen-bond donors (Lipinski definition) is 1. The van der Waals surface area contributed by atoms with Gasteiger partial charge in [-0.1, -0.05) is 0 Å². The summed E-state index contributed by atoms with van der Waals surface area (Å²) in [5, 5.41) is 0. The van der Waals surface area contributed by atoms with E-state index in [-0.39, 0.29) is 23.9 Å². The summed E-state index contributed by atoms with van der Waals surface area (Å²) < 4.78 is 39.0. The van der Waals surface area contributed by atoms with Gasteiger partial charge in [-0.15, -0.1) is 0 Å². The van der Waals surface area contributed by atoms with Gasteiger partial charge in [-0.05, 0) is 24.3 Å². The number of rotatable bonds is 2. The molecule has 6 nitrogen and oxygen atoms in total. The lowest BCUT2D eigenvalue weighted by Gasteiger charge is -2.15. The van der Waals surface area contributed by atoms with Crippen LogP contribution in [0.15, 0.2) is 35.4 Å². The molecule has 0 radical (unpaired) electrons. The van der Waals surface area contributed by atoms with Gasteiger partial charge >= 0.3 is 0 Å². The lowest BCUT2D eigenvalue weighted by molar-refractivity contribution is 0.429. The van der Waals surface area contributed by atoms with Crippen molar-refractivity contribution < 1.29 is 12.8 Å². The van der Waals surface area contributed by atoms with E-state index in [1.54, 1.807) is 0 Å². The molecule has 0 fully saturated rings. The highest BCUT2D eigenvalue weighted by molar-refractivity contribution is 7.89. The van der Waals surface area contributed by atoms with Crippen molar-refractivity contribution in [1.29, 1.82) is 0 Å². The molecule has 0 atom stereocenters. The second-order valence-corrected chi connectivity index (χ2v) is 6.37. The summed E-state index contributed by atoms with van der Waals surface area (Å²) >= 11 is 0. The molecule has 0 bridgehead atoms. The Hall–Kier alpha value is -2.06. The minimum Gasteiger partial charge on any atom is -0.368 e. The van der Waals surface area contributed by atoms with E-state index in [2.05, 4.69) is 9.97 Å². The topological polar surface area (TPSA) is 89.2 Å². The van der Waals surface area contributed by atoms with Gasteiger partial charge in [-0.2, -0.15) is 4.31 Å². The van der Waals surface area contributed by atoms with E-state index in [0.29, 0.717) is 5.69 Å². The molecule has 2 heterocycles. The number of fused-ring (bicyclic) bond motifs is 1. The molecule has 0 aliphatic carbocycles. The number of aromatic nitrogens is 2. The minimum atomic E-state index is -3.68. The number of halogens is 1. The molecule has 1 aromatic carbocycles. The van der Waals surface area contributed by atoms with Gasteiger partial charge in [0, 0.05) is 18.3 Å². The van der Waals surface area contributed by atoms with Crippen LogP contribution >= 0.6 is 0 Å². The fourth-order valence-electron chi connectivity index (χ4n) is 2.07. The van der Waals surface area contributed by atoms with Crippen LogP contribution in [-0.4, -0.2) is 22.7 Å². The van der Waals surface area contributed by atoms with Gasteiger partial charge in [0.25, 0.3) is 0 Å². The summed E-state index contributed by atoms with van der Waals surface area (Å²) in [5.74, 6) is -0.364. The molecule has 1 aromatic heterocycles. The number of nitrogen functional groups attached to an aromatic ring is 1. The van der Waals surface area contributed by atoms with Crippen LogP contribution in [0.2, 0.25) is 0 Å². The number of nitrogens with two attached hydrogens (primary N) is 1. The molecule has 2 N–H and O–H groups in total. The Labute approximate surface area is 115 Å². The highest BCUT2D eigenvalue weighted by Crippen LogP contribution is 2.27. The SMILES string of the molecule is Nc1ncc2c(n1)CN(S(=O)(=O)c1ccc(F)cc1)C2. The normalized spacial score (nSPS) is 15.2. The Morgan fingerprint density at radius 3 is 2.60 bits per heavy atom. The van der Waals surface area contributed by atoms with E-state index in [1.807, 2.05) is 0 Å². The number of nitrogens with zero attached hydrogens (tertiary/aromatic N) is 3. The molecule has 0 unspecified atom stereocenters. The first-order valence-electron chi connectivity index (χ1n) is 5.83. The smallest absolute Gasteiger partial charge is 0.243 e. The van der Waals surface area contributed by atoms with Gasteiger partial charge in [0.15, 0.2) is 0 Å². The molecular weight excluding hydrogens is 283 g/mol. The van der Waals surface area contributed by atoms with E-state index < -0.39 is 15.8 Å². The van der Waals surface area contributed by atoms with Gasteiger partial charge in [0.2, 0.25) is 16.0 Å². The Kier molecular flexibility index (Phi) is 2.91. The van der Waals surface area contributed by atoms with E-state index in [4.69, 9.17) is 5.73 Å². The largest absolute Gasteiger partial charge is 0.368 e. The summed E-state index contributed by atoms with van der Waals surface area (Å²) in [6.45, 7) is 0.330. The van der Waals surface area contributed by atoms with Gasteiger partial charge in [-0.25, -0.2) is 22.8 Å². The van der Waals surface area contributed by atoms with Gasteiger partial charge < -0.3 is 5.73 Å². The van der Waals surface area contributed by atoms with Crippen LogP contribution in [0.5, 0.6) is 0 Å². The van der Waals surface area contributed by atoms with Crippen LogP contribution in [0.3, 0.4) is 0 Å². The quantitative estimate of drug-likeness (QED) is 0.889. The lowest BCUT2D eigenvalue weighted by atomic mass is 10.3. The molecule has 1 aliphatic rings. The predicted octanol–water partition coefficient (Wildman–Crippen LogP) is 0.902. The zero-order valence-corrected chi connectivity index (χ0v) is 11.1. The zero-order valence-electron chi connectivity index (χ0n) is 10.3. The van der Waals surface area contributed by atoms with Crippen molar-refractivity contribution >= 4 is 16.0 Å². The Morgan fingerprint density at radius 2 is 1.90 bits per heavy atom. The van der Waals surface area contributed by atoms with Crippen LogP contribution in [-0.2, 0) is 23.1 Å². The Balaban J connectivity index is 1.93. The predicted molar refractivity (Wildman–Crippen MR) is 69.3 cm³/mol. The zero-order chi connectivity index (χ0) is 14.3. The minimum absolute atomic E-state index is 0.0487. The number of benzene rings is 1. The summed E-state index contributed by atoms with van der Waals surface area (Å²) in [4.78, 5) is 7.92. The lowest BCUT2D eigenvalue weighted by Crippen LogP contribution is -2.25. The average molecular weight is 294 g/mol. The van der Waals surface area contributed by atoms with Crippen LogP contribution < -0.4 is 5.73 Å². The van der Waals surface area contributed by atoms with Gasteiger partial charge in [0.05, 0.1) is 17.1 Å². The summed E-state index contributed by atoms with van der Waals surface area (Å²) in [5.41, 5.74) is 6.81. The molecule has 1 aliphatic heterocycles. The van der Waals surface area contributed by atoms with Crippen molar-refractivity contribution in [1.82, 2.24) is 14.3 Å². The number of sulfonamides is 1. The first kappa shape index (κ1) is 12.9. The number of anilines is 1. The third kappa shape index (κ3) is 2.12. The molecule has 2 aromatic rings. The second kappa shape index (κ2) is 4.50. The number of hydrogen-bond acceptors (Lipinski definition) is 5. The maximum atomic E-state index is 12.9. The van der Waals surface area contributed by atoms with E-state index in [0.717, 1.165) is 17.7 Å². The maximum absolute atomic E-state index is 12.9. The summed E-state index contributed by atoms with van der Waals surface area (Å²) in [7, 11) is -3.68. The van der Waals surface area contributed by atoms with E-state index >= 15 is 0 Å². The second-order valence-electron chi connectivity index (χ2n) is 4.43. The highest BCUT2D eigenvalue weighted by Gasteiger charge is 2.31. The van der Waals surface area contributed by atoms with Gasteiger partial charge in [-0.3, -0.25) is 0 Å². The van der Waals surface area contributed by atoms with Crippen molar-refractivity contribution in [3.8, 4) is 0 Å². The van der Waals surface area contributed by atoms with Crippen LogP contribution in [0.25, 0.3) is 0 Å².